The molecule has 0 aliphatic heterocycles. The van der Waals surface area contributed by atoms with Gasteiger partial charge >= 0.3 is 0 Å². The molecule has 0 atom stereocenters. The zero-order valence-corrected chi connectivity index (χ0v) is 15.9. The van der Waals surface area contributed by atoms with Crippen molar-refractivity contribution in [1.82, 2.24) is 0 Å². The average molecular weight is 490 g/mol. The van der Waals surface area contributed by atoms with E-state index in [1.54, 1.807) is 0 Å². The minimum Gasteiger partial charge on any atom is -0.876 e. The minimum atomic E-state index is -0.187. The van der Waals surface area contributed by atoms with E-state index in [4.69, 9.17) is 0 Å². The van der Waals surface area contributed by atoms with Crippen LogP contribution in [-0.4, -0.2) is 17.3 Å². The summed E-state index contributed by atoms with van der Waals surface area (Å²) in [5, 5.41) is 29.9. The van der Waals surface area contributed by atoms with E-state index in [0.29, 0.717) is 0 Å². The third-order valence-corrected chi connectivity index (χ3v) is 1.22. The first-order chi connectivity index (χ1) is 9.38. The predicted octanol–water partition coefficient (Wildman–Crippen LogP) is -0.484. The fourth-order valence-corrected chi connectivity index (χ4v) is 0.859. The Hall–Kier alpha value is -1.72. The number of ketones is 3. The molecule has 0 fully saturated rings. The standard InChI is InChI=1S/3C5H8O2.Ir/c3*1-4(6)3-5(2)7;/h3*3,6H,1-2H3;/p-3/b3*4-3-;. The molecule has 0 aliphatic carbocycles. The summed E-state index contributed by atoms with van der Waals surface area (Å²) >= 11 is 0. The molecule has 22 heavy (non-hydrogen) atoms. The smallest absolute Gasteiger partial charge is 0.151 e. The molecule has 0 spiro atoms. The number of rotatable bonds is 3. The van der Waals surface area contributed by atoms with Gasteiger partial charge in [0.1, 0.15) is 0 Å². The zero-order valence-electron chi connectivity index (χ0n) is 13.5. The van der Waals surface area contributed by atoms with Crippen molar-refractivity contribution in [1.29, 1.82) is 0 Å². The van der Waals surface area contributed by atoms with Crippen molar-refractivity contribution in [3.8, 4) is 0 Å². The number of carbonyl (C=O) groups is 3. The number of hydrogen-bond donors (Lipinski definition) is 0. The van der Waals surface area contributed by atoms with E-state index < -0.39 is 0 Å². The van der Waals surface area contributed by atoms with Gasteiger partial charge in [-0.05, 0) is 39.0 Å². The molecule has 6 nitrogen and oxygen atoms in total. The molecule has 0 aromatic heterocycles. The van der Waals surface area contributed by atoms with Crippen molar-refractivity contribution in [2.75, 3.05) is 0 Å². The van der Waals surface area contributed by atoms with Crippen LogP contribution in [0.5, 0.6) is 0 Å². The van der Waals surface area contributed by atoms with Crippen molar-refractivity contribution in [2.24, 2.45) is 0 Å². The van der Waals surface area contributed by atoms with Crippen LogP contribution in [0.1, 0.15) is 41.5 Å². The maximum Gasteiger partial charge on any atom is 0.151 e. The third kappa shape index (κ3) is 51.7. The van der Waals surface area contributed by atoms with Crippen molar-refractivity contribution in [2.45, 2.75) is 41.5 Å². The van der Waals surface area contributed by atoms with E-state index in [9.17, 15) is 29.7 Å². The summed E-state index contributed by atoms with van der Waals surface area (Å²) in [6.45, 7) is 8.09. The summed E-state index contributed by atoms with van der Waals surface area (Å²) in [5.41, 5.74) is 0. The molecule has 0 bridgehead atoms. The van der Waals surface area contributed by atoms with Gasteiger partial charge in [-0.25, -0.2) is 0 Å². The van der Waals surface area contributed by atoms with Crippen LogP contribution in [0, 0.1) is 0 Å². The first kappa shape index (κ1) is 28.4. The molecule has 1 radical (unpaired) electrons. The molecule has 0 aliphatic rings. The molecule has 0 N–H and O–H groups in total. The van der Waals surface area contributed by atoms with Crippen LogP contribution in [0.2, 0.25) is 0 Å². The van der Waals surface area contributed by atoms with E-state index in [0.717, 1.165) is 18.2 Å². The Morgan fingerprint density at radius 2 is 0.682 bits per heavy atom. The van der Waals surface area contributed by atoms with Gasteiger partial charge < -0.3 is 15.3 Å². The monoisotopic (exact) mass is 490 g/mol. The van der Waals surface area contributed by atoms with Gasteiger partial charge in [0.15, 0.2) is 17.3 Å². The Labute approximate surface area is 144 Å². The van der Waals surface area contributed by atoms with Crippen molar-refractivity contribution in [3.63, 3.8) is 0 Å². The third-order valence-electron chi connectivity index (χ3n) is 1.22. The Morgan fingerprint density at radius 1 is 0.545 bits per heavy atom. The molecule has 0 rings (SSSR count). The fraction of sp³-hybridized carbons (Fsp3) is 0.400. The molecule has 0 unspecified atom stereocenters. The number of carbonyl (C=O) groups excluding carboxylic acids is 3. The first-order valence-corrected chi connectivity index (χ1v) is 5.96. The SMILES string of the molecule is CC(=O)/C=C(/C)[O-].CC(=O)/C=C(/C)[O-].CC(=O)/C=C(/C)[O-].[Ir]. The second-order valence-electron chi connectivity index (χ2n) is 4.10. The molecule has 0 aromatic rings. The van der Waals surface area contributed by atoms with E-state index in [1.165, 1.54) is 41.5 Å². The summed E-state index contributed by atoms with van der Waals surface area (Å²) < 4.78 is 0. The molecule has 0 aromatic carbocycles. The predicted molar refractivity (Wildman–Crippen MR) is 73.3 cm³/mol. The van der Waals surface area contributed by atoms with Crippen molar-refractivity contribution in [3.05, 3.63) is 35.5 Å². The van der Waals surface area contributed by atoms with Crippen LogP contribution >= 0.6 is 0 Å². The van der Waals surface area contributed by atoms with Crippen LogP contribution in [-0.2, 0) is 34.5 Å². The summed E-state index contributed by atoms with van der Waals surface area (Å²) in [6, 6.07) is 0. The summed E-state index contributed by atoms with van der Waals surface area (Å²) in [4.78, 5) is 29.9. The number of hydrogen-bond acceptors (Lipinski definition) is 6. The fourth-order valence-electron chi connectivity index (χ4n) is 0.859. The maximum atomic E-state index is 9.98. The zero-order chi connectivity index (χ0) is 17.6. The van der Waals surface area contributed by atoms with Gasteiger partial charge in [-0.1, -0.05) is 20.8 Å². The summed E-state index contributed by atoms with van der Waals surface area (Å²) in [7, 11) is 0. The van der Waals surface area contributed by atoms with Gasteiger partial charge in [-0.3, -0.25) is 14.4 Å². The van der Waals surface area contributed by atoms with Crippen LogP contribution in [0.3, 0.4) is 0 Å². The average Bonchev–Trinajstić information content (AvgIpc) is 2.10. The summed E-state index contributed by atoms with van der Waals surface area (Å²) in [5.74, 6) is -1.12. The van der Waals surface area contributed by atoms with Gasteiger partial charge in [-0.2, -0.15) is 0 Å². The maximum absolute atomic E-state index is 9.98. The van der Waals surface area contributed by atoms with Gasteiger partial charge in [0.05, 0.1) is 0 Å². The molecular weight excluding hydrogens is 468 g/mol. The molecule has 0 amide bonds. The normalized spacial score (nSPS) is 10.9. The second kappa shape index (κ2) is 17.3. The number of allylic oxidation sites excluding steroid dienone is 6. The van der Waals surface area contributed by atoms with Gasteiger partial charge in [0, 0.05) is 20.1 Å². The quantitative estimate of drug-likeness (QED) is 0.390. The van der Waals surface area contributed by atoms with Gasteiger partial charge in [0.25, 0.3) is 0 Å². The molecule has 0 saturated carbocycles. The molecular formula is C15H21IrO6-3. The summed E-state index contributed by atoms with van der Waals surface area (Å²) in [6.07, 6.45) is 3.17. The Balaban J connectivity index is -0.000000108. The van der Waals surface area contributed by atoms with Gasteiger partial charge in [-0.15, -0.1) is 17.3 Å². The molecule has 0 saturated heterocycles. The second-order valence-corrected chi connectivity index (χ2v) is 4.10. The Kier molecular flexibility index (Phi) is 22.4. The van der Waals surface area contributed by atoms with E-state index in [1.807, 2.05) is 0 Å². The van der Waals surface area contributed by atoms with Crippen LogP contribution in [0.15, 0.2) is 35.5 Å². The molecule has 0 heterocycles. The topological polar surface area (TPSA) is 120 Å². The largest absolute Gasteiger partial charge is 0.876 e. The molecule has 7 heteroatoms. The Morgan fingerprint density at radius 3 is 0.682 bits per heavy atom. The van der Waals surface area contributed by atoms with Crippen LogP contribution in [0.4, 0.5) is 0 Å². The van der Waals surface area contributed by atoms with Gasteiger partial charge in [0.2, 0.25) is 0 Å². The van der Waals surface area contributed by atoms with E-state index in [-0.39, 0.29) is 54.7 Å². The van der Waals surface area contributed by atoms with Crippen LogP contribution in [0.25, 0.3) is 0 Å². The minimum absolute atomic E-state index is 0. The molecule has 129 valence electrons. The van der Waals surface area contributed by atoms with Crippen molar-refractivity contribution >= 4 is 17.3 Å². The van der Waals surface area contributed by atoms with E-state index >= 15 is 0 Å². The van der Waals surface area contributed by atoms with Crippen molar-refractivity contribution < 1.29 is 49.8 Å². The Bertz CT molecular complexity index is 368. The van der Waals surface area contributed by atoms with E-state index in [2.05, 4.69) is 0 Å². The van der Waals surface area contributed by atoms with Crippen LogP contribution < -0.4 is 15.3 Å². The first-order valence-electron chi connectivity index (χ1n) is 5.96.